The third kappa shape index (κ3) is 5.30. The summed E-state index contributed by atoms with van der Waals surface area (Å²) in [4.78, 5) is 20.9. The molecule has 0 bridgehead atoms. The molecule has 0 N–H and O–H groups in total. The molecule has 0 aliphatic carbocycles. The Morgan fingerprint density at radius 1 is 0.913 bits per heavy atom. The van der Waals surface area contributed by atoms with E-state index in [0.717, 1.165) is 45.8 Å². The largest absolute Gasteiger partial charge is 0.342 e. The lowest BCUT2D eigenvalue weighted by Gasteiger charge is -2.35. The number of likely N-dealkylation sites (tertiary alicyclic amines) is 1. The van der Waals surface area contributed by atoms with Crippen LogP contribution in [0.15, 0.2) is 17.5 Å². The summed E-state index contributed by atoms with van der Waals surface area (Å²) in [6, 6.07) is 4.33. The Hall–Kier alpha value is -0.910. The first kappa shape index (κ1) is 16.9. The van der Waals surface area contributed by atoms with Crippen molar-refractivity contribution in [3.63, 3.8) is 0 Å². The highest BCUT2D eigenvalue weighted by atomic mass is 32.1. The summed E-state index contributed by atoms with van der Waals surface area (Å²) >= 11 is 1.83. The van der Waals surface area contributed by atoms with E-state index in [-0.39, 0.29) is 0 Å². The number of hydrogen-bond acceptors (Lipinski definition) is 4. The highest BCUT2D eigenvalue weighted by molar-refractivity contribution is 7.09. The number of nitrogens with zero attached hydrogens (tertiary/aromatic N) is 3. The molecule has 0 spiro atoms. The number of thiophene rings is 1. The Labute approximate surface area is 144 Å². The second kappa shape index (κ2) is 8.81. The van der Waals surface area contributed by atoms with Crippen molar-refractivity contribution in [1.82, 2.24) is 14.7 Å². The Bertz CT molecular complexity index is 461. The van der Waals surface area contributed by atoms with Gasteiger partial charge >= 0.3 is 0 Å². The van der Waals surface area contributed by atoms with Crippen molar-refractivity contribution in [1.29, 1.82) is 0 Å². The van der Waals surface area contributed by atoms with Crippen LogP contribution in [0, 0.1) is 0 Å². The van der Waals surface area contributed by atoms with Crippen molar-refractivity contribution < 1.29 is 4.79 Å². The van der Waals surface area contributed by atoms with Gasteiger partial charge in [0.1, 0.15) is 0 Å². The van der Waals surface area contributed by atoms with Crippen LogP contribution in [0.5, 0.6) is 0 Å². The van der Waals surface area contributed by atoms with Gasteiger partial charge in [-0.05, 0) is 24.3 Å². The summed E-state index contributed by atoms with van der Waals surface area (Å²) in [6.45, 7) is 7.80. The minimum absolute atomic E-state index is 0.346. The number of amides is 1. The molecule has 128 valence electrons. The Morgan fingerprint density at radius 2 is 1.57 bits per heavy atom. The van der Waals surface area contributed by atoms with Gasteiger partial charge in [0.25, 0.3) is 0 Å². The van der Waals surface area contributed by atoms with Gasteiger partial charge in [-0.25, -0.2) is 0 Å². The fourth-order valence-corrected chi connectivity index (χ4v) is 4.26. The summed E-state index contributed by atoms with van der Waals surface area (Å²) in [7, 11) is 0. The van der Waals surface area contributed by atoms with E-state index in [1.807, 2.05) is 11.3 Å². The molecular weight excluding hydrogens is 306 g/mol. The van der Waals surface area contributed by atoms with Crippen LogP contribution in [0.25, 0.3) is 0 Å². The average molecular weight is 336 g/mol. The molecule has 2 fully saturated rings. The SMILES string of the molecule is O=C(CN1CCN(Cc2cccs2)CC1)N1CCCCCCC1. The Kier molecular flexibility index (Phi) is 6.48. The first-order valence-electron chi connectivity index (χ1n) is 9.06. The van der Waals surface area contributed by atoms with Gasteiger partial charge in [-0.2, -0.15) is 0 Å². The molecular formula is C18H29N3OS. The van der Waals surface area contributed by atoms with Gasteiger partial charge in [0.15, 0.2) is 0 Å². The smallest absolute Gasteiger partial charge is 0.236 e. The summed E-state index contributed by atoms with van der Waals surface area (Å²) in [6.07, 6.45) is 6.27. The van der Waals surface area contributed by atoms with Crippen LogP contribution >= 0.6 is 11.3 Å². The van der Waals surface area contributed by atoms with Crippen molar-refractivity contribution in [2.24, 2.45) is 0 Å². The number of carbonyl (C=O) groups excluding carboxylic acids is 1. The van der Waals surface area contributed by atoms with E-state index < -0.39 is 0 Å². The van der Waals surface area contributed by atoms with Crippen molar-refractivity contribution in [3.05, 3.63) is 22.4 Å². The van der Waals surface area contributed by atoms with E-state index in [1.165, 1.54) is 37.0 Å². The Balaban J connectivity index is 1.40. The fraction of sp³-hybridized carbons (Fsp3) is 0.722. The van der Waals surface area contributed by atoms with Crippen molar-refractivity contribution >= 4 is 17.2 Å². The topological polar surface area (TPSA) is 26.8 Å². The third-order valence-corrected chi connectivity index (χ3v) is 5.85. The van der Waals surface area contributed by atoms with Crippen molar-refractivity contribution in [2.45, 2.75) is 38.6 Å². The number of rotatable bonds is 4. The molecule has 0 saturated carbocycles. The number of piperazine rings is 1. The maximum absolute atomic E-state index is 12.5. The zero-order chi connectivity index (χ0) is 15.9. The molecule has 0 atom stereocenters. The highest BCUT2D eigenvalue weighted by Gasteiger charge is 2.22. The van der Waals surface area contributed by atoms with Gasteiger partial charge in [-0.1, -0.05) is 25.3 Å². The molecule has 4 nitrogen and oxygen atoms in total. The van der Waals surface area contributed by atoms with E-state index in [2.05, 4.69) is 32.2 Å². The second-order valence-electron chi connectivity index (χ2n) is 6.78. The molecule has 0 unspecified atom stereocenters. The van der Waals surface area contributed by atoms with Crippen molar-refractivity contribution in [2.75, 3.05) is 45.8 Å². The molecule has 1 amide bonds. The summed E-state index contributed by atoms with van der Waals surface area (Å²) in [5, 5.41) is 2.15. The molecule has 3 heterocycles. The third-order valence-electron chi connectivity index (χ3n) is 4.99. The van der Waals surface area contributed by atoms with E-state index >= 15 is 0 Å². The van der Waals surface area contributed by atoms with Crippen LogP contribution in [-0.4, -0.2) is 66.4 Å². The maximum Gasteiger partial charge on any atom is 0.236 e. The zero-order valence-corrected chi connectivity index (χ0v) is 14.9. The predicted octanol–water partition coefficient (Wildman–Crippen LogP) is 2.66. The van der Waals surface area contributed by atoms with Gasteiger partial charge in [0.2, 0.25) is 5.91 Å². The van der Waals surface area contributed by atoms with E-state index in [1.54, 1.807) is 0 Å². The van der Waals surface area contributed by atoms with Gasteiger partial charge < -0.3 is 4.90 Å². The van der Waals surface area contributed by atoms with Crippen LogP contribution in [-0.2, 0) is 11.3 Å². The van der Waals surface area contributed by atoms with Gasteiger partial charge in [0, 0.05) is 50.7 Å². The molecule has 3 rings (SSSR count). The first-order chi connectivity index (χ1) is 11.3. The van der Waals surface area contributed by atoms with Crippen LogP contribution in [0.3, 0.4) is 0 Å². The molecule has 2 aliphatic rings. The van der Waals surface area contributed by atoms with Crippen molar-refractivity contribution in [3.8, 4) is 0 Å². The zero-order valence-electron chi connectivity index (χ0n) is 14.1. The monoisotopic (exact) mass is 335 g/mol. The molecule has 1 aromatic heterocycles. The lowest BCUT2D eigenvalue weighted by Crippen LogP contribution is -2.50. The van der Waals surface area contributed by atoms with Crippen LogP contribution in [0.1, 0.15) is 37.0 Å². The fourth-order valence-electron chi connectivity index (χ4n) is 3.52. The van der Waals surface area contributed by atoms with Crippen LogP contribution < -0.4 is 0 Å². The van der Waals surface area contributed by atoms with E-state index in [4.69, 9.17) is 0 Å². The minimum atomic E-state index is 0.346. The summed E-state index contributed by atoms with van der Waals surface area (Å²) in [5.74, 6) is 0.346. The summed E-state index contributed by atoms with van der Waals surface area (Å²) < 4.78 is 0. The van der Waals surface area contributed by atoms with E-state index in [9.17, 15) is 4.79 Å². The van der Waals surface area contributed by atoms with Crippen LogP contribution in [0.4, 0.5) is 0 Å². The normalized spacial score (nSPS) is 21.8. The quantitative estimate of drug-likeness (QED) is 0.846. The lowest BCUT2D eigenvalue weighted by atomic mass is 10.1. The molecule has 23 heavy (non-hydrogen) atoms. The highest BCUT2D eigenvalue weighted by Crippen LogP contribution is 2.14. The van der Waals surface area contributed by atoms with Crippen LogP contribution in [0.2, 0.25) is 0 Å². The second-order valence-corrected chi connectivity index (χ2v) is 7.81. The number of hydrogen-bond donors (Lipinski definition) is 0. The average Bonchev–Trinajstić information content (AvgIpc) is 3.02. The first-order valence-corrected chi connectivity index (χ1v) is 9.94. The van der Waals surface area contributed by atoms with Gasteiger partial charge in [-0.3, -0.25) is 14.6 Å². The lowest BCUT2D eigenvalue weighted by molar-refractivity contribution is -0.133. The molecule has 2 saturated heterocycles. The molecule has 5 heteroatoms. The molecule has 0 radical (unpaired) electrons. The molecule has 0 aromatic carbocycles. The maximum atomic E-state index is 12.5. The Morgan fingerprint density at radius 3 is 2.22 bits per heavy atom. The molecule has 2 aliphatic heterocycles. The predicted molar refractivity (Wildman–Crippen MR) is 95.7 cm³/mol. The standard InChI is InChI=1S/C18H29N3OS/c22-18(21-8-4-2-1-3-5-9-21)16-20-12-10-19(11-13-20)15-17-7-6-14-23-17/h6-7,14H,1-5,8-13,15-16H2. The van der Waals surface area contributed by atoms with Gasteiger partial charge in [0.05, 0.1) is 6.54 Å². The summed E-state index contributed by atoms with van der Waals surface area (Å²) in [5.41, 5.74) is 0. The molecule has 1 aromatic rings. The van der Waals surface area contributed by atoms with E-state index in [0.29, 0.717) is 12.5 Å². The van der Waals surface area contributed by atoms with Gasteiger partial charge in [-0.15, -0.1) is 11.3 Å². The minimum Gasteiger partial charge on any atom is -0.342 e. The number of carbonyl (C=O) groups is 1.